The third kappa shape index (κ3) is 4.41. The van der Waals surface area contributed by atoms with Gasteiger partial charge in [-0.25, -0.2) is 18.3 Å². The van der Waals surface area contributed by atoms with Gasteiger partial charge in [0.2, 0.25) is 5.95 Å². The molecule has 3 aromatic rings. The van der Waals surface area contributed by atoms with Crippen LogP contribution >= 0.6 is 7.82 Å². The molecule has 1 aliphatic heterocycles. The van der Waals surface area contributed by atoms with Gasteiger partial charge in [-0.05, 0) is 29.7 Å². The second kappa shape index (κ2) is 8.92. The molecule has 0 radical (unpaired) electrons. The second-order valence-corrected chi connectivity index (χ2v) is 10.0. The Labute approximate surface area is 197 Å². The lowest BCUT2D eigenvalue weighted by molar-refractivity contribution is 0.0164. The van der Waals surface area contributed by atoms with Crippen LogP contribution in [-0.2, 0) is 18.1 Å². The standard InChI is InChI=1S/C21H22F2N5O6P/c1-10-12(16(29)7-15(10)28-9-25-18-19(28)26-21(24)27-20(18)30)8-33-35(31)32-5-4-17(34-35)11-2-3-13(22)14(23)6-11/h2-3,6,9,12,15-17,29H,1,4-5,7-8H2,(H3,24,26,27,30)/t12-,15-,16-,17+,35?/m0/s1. The smallest absolute Gasteiger partial charge is 0.392 e. The Kier molecular flexibility index (Phi) is 6.06. The molecule has 2 fully saturated rings. The molecule has 0 bridgehead atoms. The van der Waals surface area contributed by atoms with Crippen LogP contribution in [0.25, 0.3) is 11.2 Å². The zero-order valence-corrected chi connectivity index (χ0v) is 19.2. The first-order valence-electron chi connectivity index (χ1n) is 10.8. The average molecular weight is 509 g/mol. The first-order chi connectivity index (χ1) is 16.6. The van der Waals surface area contributed by atoms with Crippen molar-refractivity contribution in [1.29, 1.82) is 0 Å². The number of H-pyrrole nitrogens is 1. The highest BCUT2D eigenvalue weighted by molar-refractivity contribution is 7.48. The highest BCUT2D eigenvalue weighted by Gasteiger charge is 2.42. The molecular weight excluding hydrogens is 487 g/mol. The number of anilines is 1. The number of nitrogens with two attached hydrogens (primary N) is 1. The van der Waals surface area contributed by atoms with Gasteiger partial charge in [0.25, 0.3) is 5.56 Å². The van der Waals surface area contributed by atoms with Crippen molar-refractivity contribution in [2.45, 2.75) is 31.1 Å². The van der Waals surface area contributed by atoms with E-state index in [0.717, 1.165) is 12.1 Å². The number of hydrogen-bond donors (Lipinski definition) is 3. The van der Waals surface area contributed by atoms with E-state index in [1.165, 1.54) is 12.4 Å². The number of halogens is 2. The van der Waals surface area contributed by atoms with Crippen LogP contribution in [0.3, 0.4) is 0 Å². The van der Waals surface area contributed by atoms with Gasteiger partial charge >= 0.3 is 7.82 Å². The van der Waals surface area contributed by atoms with Gasteiger partial charge in [0, 0.05) is 12.3 Å². The minimum Gasteiger partial charge on any atom is -0.392 e. The van der Waals surface area contributed by atoms with Gasteiger partial charge in [0.1, 0.15) is 0 Å². The van der Waals surface area contributed by atoms with E-state index < -0.39 is 49.2 Å². The van der Waals surface area contributed by atoms with E-state index in [1.807, 2.05) is 0 Å². The van der Waals surface area contributed by atoms with Crippen molar-refractivity contribution in [3.63, 3.8) is 0 Å². The summed E-state index contributed by atoms with van der Waals surface area (Å²) in [5, 5.41) is 10.7. The summed E-state index contributed by atoms with van der Waals surface area (Å²) in [6.45, 7) is 3.84. The third-order valence-corrected chi connectivity index (χ3v) is 7.71. The molecule has 5 rings (SSSR count). The molecule has 5 atom stereocenters. The Bertz CT molecular complexity index is 1410. The molecule has 2 aromatic heterocycles. The second-order valence-electron chi connectivity index (χ2n) is 8.41. The SMILES string of the molecule is C=C1[C@H](COP2(=O)OCC[C@H](c3ccc(F)c(F)c3)O2)[C@@H](O)C[C@@H]1n1cnc2c(=O)[nH]c(N)nc21. The molecule has 1 aromatic carbocycles. The lowest BCUT2D eigenvalue weighted by Gasteiger charge is -2.30. The van der Waals surface area contributed by atoms with Gasteiger partial charge in [0.05, 0.1) is 37.8 Å². The van der Waals surface area contributed by atoms with Crippen LogP contribution in [0, 0.1) is 17.6 Å². The summed E-state index contributed by atoms with van der Waals surface area (Å²) in [5.74, 6) is -2.77. The number of fused-ring (bicyclic) bond motifs is 1. The number of imidazole rings is 1. The van der Waals surface area contributed by atoms with Gasteiger partial charge in [0.15, 0.2) is 22.8 Å². The quantitative estimate of drug-likeness (QED) is 0.348. The lowest BCUT2D eigenvalue weighted by Crippen LogP contribution is -2.22. The predicted octanol–water partition coefficient (Wildman–Crippen LogP) is 2.76. The van der Waals surface area contributed by atoms with E-state index in [-0.39, 0.29) is 43.2 Å². The van der Waals surface area contributed by atoms with E-state index in [0.29, 0.717) is 11.1 Å². The Morgan fingerprint density at radius 3 is 2.94 bits per heavy atom. The number of nitrogens with one attached hydrogen (secondary N) is 1. The first kappa shape index (κ1) is 23.8. The first-order valence-corrected chi connectivity index (χ1v) is 12.2. The molecule has 14 heteroatoms. The van der Waals surface area contributed by atoms with Gasteiger partial charge in [-0.2, -0.15) is 4.98 Å². The van der Waals surface area contributed by atoms with Crippen molar-refractivity contribution in [2.24, 2.45) is 5.92 Å². The topological polar surface area (TPSA) is 155 Å². The van der Waals surface area contributed by atoms with Crippen molar-refractivity contribution >= 4 is 24.9 Å². The maximum atomic E-state index is 13.6. The Hall–Kier alpha value is -2.96. The molecule has 1 unspecified atom stereocenters. The molecule has 11 nitrogen and oxygen atoms in total. The number of aliphatic hydroxyl groups is 1. The van der Waals surface area contributed by atoms with E-state index in [2.05, 4.69) is 21.5 Å². The number of hydrogen-bond acceptors (Lipinski definition) is 9. The van der Waals surface area contributed by atoms with Crippen LogP contribution in [0.1, 0.15) is 30.6 Å². The molecule has 0 spiro atoms. The Balaban J connectivity index is 1.30. The minimum atomic E-state index is -4.06. The zero-order chi connectivity index (χ0) is 24.9. The van der Waals surface area contributed by atoms with Crippen LogP contribution in [0.2, 0.25) is 0 Å². The maximum absolute atomic E-state index is 13.6. The number of aromatic amines is 1. The van der Waals surface area contributed by atoms with E-state index in [9.17, 15) is 23.2 Å². The largest absolute Gasteiger partial charge is 0.475 e. The molecule has 3 heterocycles. The van der Waals surface area contributed by atoms with E-state index in [1.54, 1.807) is 4.57 Å². The van der Waals surface area contributed by atoms with Crippen molar-refractivity contribution in [3.8, 4) is 0 Å². The average Bonchev–Trinajstić information content (AvgIpc) is 3.34. The summed E-state index contributed by atoms with van der Waals surface area (Å²) < 4.78 is 57.8. The number of nitrogen functional groups attached to an aromatic ring is 1. The van der Waals surface area contributed by atoms with Crippen LogP contribution < -0.4 is 11.3 Å². The van der Waals surface area contributed by atoms with Crippen molar-refractivity contribution in [2.75, 3.05) is 18.9 Å². The Morgan fingerprint density at radius 2 is 2.17 bits per heavy atom. The lowest BCUT2D eigenvalue weighted by atomic mass is 10.0. The minimum absolute atomic E-state index is 0.0143. The summed E-state index contributed by atoms with van der Waals surface area (Å²) in [4.78, 5) is 22.7. The van der Waals surface area contributed by atoms with Gasteiger partial charge in [-0.3, -0.25) is 23.3 Å². The number of benzene rings is 1. The summed E-state index contributed by atoms with van der Waals surface area (Å²) >= 11 is 0. The molecule has 2 aliphatic rings. The molecule has 1 aliphatic carbocycles. The maximum Gasteiger partial charge on any atom is 0.475 e. The molecule has 35 heavy (non-hydrogen) atoms. The fourth-order valence-corrected chi connectivity index (χ4v) is 5.82. The summed E-state index contributed by atoms with van der Waals surface area (Å²) in [5.41, 5.74) is 6.35. The fraction of sp³-hybridized carbons (Fsp3) is 0.381. The van der Waals surface area contributed by atoms with Crippen LogP contribution in [0.5, 0.6) is 0 Å². The molecule has 4 N–H and O–H groups in total. The molecular formula is C21H22F2N5O6P. The highest BCUT2D eigenvalue weighted by atomic mass is 31.2. The number of phosphoric acid groups is 1. The van der Waals surface area contributed by atoms with Crippen LogP contribution in [0.4, 0.5) is 14.7 Å². The summed E-state index contributed by atoms with van der Waals surface area (Å²) in [7, 11) is -4.06. The number of aliphatic hydroxyl groups excluding tert-OH is 1. The summed E-state index contributed by atoms with van der Waals surface area (Å²) in [6.07, 6.45) is 0.169. The number of rotatable bonds is 5. The Morgan fingerprint density at radius 1 is 1.37 bits per heavy atom. The monoisotopic (exact) mass is 509 g/mol. The zero-order valence-electron chi connectivity index (χ0n) is 18.3. The highest BCUT2D eigenvalue weighted by Crippen LogP contribution is 2.58. The number of phosphoric ester groups is 1. The number of aromatic nitrogens is 4. The van der Waals surface area contributed by atoms with Crippen molar-refractivity contribution in [1.82, 2.24) is 19.5 Å². The molecule has 0 amide bonds. The molecule has 1 saturated carbocycles. The predicted molar refractivity (Wildman–Crippen MR) is 119 cm³/mol. The van der Waals surface area contributed by atoms with Gasteiger partial charge < -0.3 is 15.4 Å². The van der Waals surface area contributed by atoms with Crippen LogP contribution in [-0.4, -0.2) is 43.9 Å². The van der Waals surface area contributed by atoms with E-state index >= 15 is 0 Å². The van der Waals surface area contributed by atoms with Gasteiger partial charge in [-0.15, -0.1) is 0 Å². The van der Waals surface area contributed by atoms with Crippen LogP contribution in [0.15, 0.2) is 41.5 Å². The normalized spacial score (nSPS) is 29.2. The fourth-order valence-electron chi connectivity index (χ4n) is 4.41. The van der Waals surface area contributed by atoms with Gasteiger partial charge in [-0.1, -0.05) is 12.6 Å². The molecule has 1 saturated heterocycles. The van der Waals surface area contributed by atoms with Crippen molar-refractivity contribution < 1.29 is 32.0 Å². The number of nitrogens with zero attached hydrogens (tertiary/aromatic N) is 3. The summed E-state index contributed by atoms with van der Waals surface area (Å²) in [6, 6.07) is 2.81. The van der Waals surface area contributed by atoms with Crippen molar-refractivity contribution in [3.05, 3.63) is 64.2 Å². The van der Waals surface area contributed by atoms with E-state index in [4.69, 9.17) is 19.3 Å². The molecule has 186 valence electrons. The third-order valence-electron chi connectivity index (χ3n) is 6.23.